The van der Waals surface area contributed by atoms with Crippen molar-refractivity contribution in [2.45, 2.75) is 56.5 Å². The molecule has 1 aromatic carbocycles. The fourth-order valence-corrected chi connectivity index (χ4v) is 5.20. The largest absolute Gasteiger partial charge is 0.377 e. The van der Waals surface area contributed by atoms with Crippen molar-refractivity contribution in [1.82, 2.24) is 30.3 Å². The highest BCUT2D eigenvalue weighted by atomic mass is 32.2. The molecule has 2 aliphatic rings. The number of aryl methyl sites for hydroxylation is 1. The maximum Gasteiger partial charge on any atom is 0.272 e. The summed E-state index contributed by atoms with van der Waals surface area (Å²) < 4.78 is 7.84. The molecule has 2 N–H and O–H groups in total. The highest BCUT2D eigenvalue weighted by Gasteiger charge is 2.24. The fourth-order valence-electron chi connectivity index (χ4n) is 4.17. The first-order valence-corrected chi connectivity index (χ1v) is 11.8. The molecule has 5 rings (SSSR count). The van der Waals surface area contributed by atoms with Crippen molar-refractivity contribution >= 4 is 17.7 Å². The van der Waals surface area contributed by atoms with Crippen molar-refractivity contribution in [1.29, 1.82) is 0 Å². The van der Waals surface area contributed by atoms with Crippen molar-refractivity contribution in [2.24, 2.45) is 0 Å². The van der Waals surface area contributed by atoms with E-state index in [2.05, 4.69) is 42.4 Å². The van der Waals surface area contributed by atoms with Crippen molar-refractivity contribution in [3.63, 3.8) is 0 Å². The maximum atomic E-state index is 12.7. The predicted molar refractivity (Wildman–Crippen MR) is 117 cm³/mol. The van der Waals surface area contributed by atoms with Gasteiger partial charge in [0, 0.05) is 23.6 Å². The molecule has 3 aromatic rings. The summed E-state index contributed by atoms with van der Waals surface area (Å²) >= 11 is 1.67. The lowest BCUT2D eigenvalue weighted by atomic mass is 10.2. The van der Waals surface area contributed by atoms with Crippen LogP contribution >= 0.6 is 11.8 Å². The molecule has 0 unspecified atom stereocenters. The lowest BCUT2D eigenvalue weighted by Crippen LogP contribution is -2.26. The number of aromatic amines is 1. The van der Waals surface area contributed by atoms with Crippen LogP contribution in [0.25, 0.3) is 0 Å². The molecule has 2 aromatic heterocycles. The molecule has 0 radical (unpaired) electrons. The number of fused-ring (bicyclic) bond motifs is 1. The monoisotopic (exact) mass is 438 g/mol. The topological polar surface area (TPSA) is 97.7 Å². The number of aromatic nitrogens is 5. The van der Waals surface area contributed by atoms with E-state index >= 15 is 0 Å². The molecule has 9 heteroatoms. The minimum atomic E-state index is -0.165. The van der Waals surface area contributed by atoms with Crippen molar-refractivity contribution < 1.29 is 9.53 Å². The summed E-state index contributed by atoms with van der Waals surface area (Å²) in [5, 5.41) is 19.9. The normalized spacial score (nSPS) is 17.7. The van der Waals surface area contributed by atoms with Gasteiger partial charge in [-0.3, -0.25) is 9.89 Å². The Morgan fingerprint density at radius 1 is 1.23 bits per heavy atom. The summed E-state index contributed by atoms with van der Waals surface area (Å²) in [7, 11) is 0. The Morgan fingerprint density at radius 2 is 2.13 bits per heavy atom. The number of rotatable bonds is 8. The highest BCUT2D eigenvalue weighted by Crippen LogP contribution is 2.25. The van der Waals surface area contributed by atoms with Crippen LogP contribution in [0.5, 0.6) is 0 Å². The molecule has 8 nitrogen and oxygen atoms in total. The quantitative estimate of drug-likeness (QED) is 0.525. The van der Waals surface area contributed by atoms with Crippen LogP contribution in [-0.4, -0.2) is 49.3 Å². The first kappa shape index (κ1) is 20.3. The van der Waals surface area contributed by atoms with Gasteiger partial charge in [-0.1, -0.05) is 42.1 Å². The number of thioether (sulfide) groups is 1. The molecule has 1 fully saturated rings. The van der Waals surface area contributed by atoms with Crippen molar-refractivity contribution in [3.05, 3.63) is 58.7 Å². The van der Waals surface area contributed by atoms with Crippen LogP contribution in [0.2, 0.25) is 0 Å². The van der Waals surface area contributed by atoms with Gasteiger partial charge in [-0.15, -0.1) is 10.2 Å². The lowest BCUT2D eigenvalue weighted by Gasteiger charge is -2.12. The van der Waals surface area contributed by atoms with E-state index < -0.39 is 0 Å². The lowest BCUT2D eigenvalue weighted by molar-refractivity contribution is 0.0943. The molecule has 3 heterocycles. The fraction of sp³-hybridized carbons (Fsp3) is 0.455. The zero-order valence-electron chi connectivity index (χ0n) is 17.3. The highest BCUT2D eigenvalue weighted by molar-refractivity contribution is 7.99. The van der Waals surface area contributed by atoms with E-state index in [4.69, 9.17) is 4.74 Å². The van der Waals surface area contributed by atoms with Gasteiger partial charge in [-0.2, -0.15) is 5.10 Å². The predicted octanol–water partition coefficient (Wildman–Crippen LogP) is 2.74. The second kappa shape index (κ2) is 9.23. The Kier molecular flexibility index (Phi) is 6.04. The molecular weight excluding hydrogens is 412 g/mol. The Hall–Kier alpha value is -2.65. The average molecular weight is 439 g/mol. The third-order valence-corrected chi connectivity index (χ3v) is 6.93. The van der Waals surface area contributed by atoms with E-state index in [1.165, 1.54) is 5.56 Å². The zero-order chi connectivity index (χ0) is 21.0. The minimum Gasteiger partial charge on any atom is -0.377 e. The number of hydrogen-bond donors (Lipinski definition) is 2. The summed E-state index contributed by atoms with van der Waals surface area (Å²) in [6, 6.07) is 10.2. The summed E-state index contributed by atoms with van der Waals surface area (Å²) in [5.41, 5.74) is 3.81. The van der Waals surface area contributed by atoms with Gasteiger partial charge >= 0.3 is 0 Å². The Bertz CT molecular complexity index is 1040. The first-order chi connectivity index (χ1) is 15.3. The van der Waals surface area contributed by atoms with Crippen LogP contribution in [0.1, 0.15) is 52.4 Å². The van der Waals surface area contributed by atoms with Crippen molar-refractivity contribution in [2.75, 3.05) is 12.4 Å². The van der Waals surface area contributed by atoms with Gasteiger partial charge in [0.15, 0.2) is 16.7 Å². The Balaban J connectivity index is 1.31. The molecule has 1 amide bonds. The molecule has 1 atom stereocenters. The average Bonchev–Trinajstić information content (AvgIpc) is 3.57. The second-order valence-electron chi connectivity index (χ2n) is 7.98. The molecule has 1 saturated heterocycles. The van der Waals surface area contributed by atoms with Crippen molar-refractivity contribution in [3.8, 4) is 0 Å². The number of amides is 1. The Morgan fingerprint density at radius 3 is 2.97 bits per heavy atom. The minimum absolute atomic E-state index is 0.165. The Labute approximate surface area is 185 Å². The molecule has 162 valence electrons. The van der Waals surface area contributed by atoms with E-state index in [-0.39, 0.29) is 12.0 Å². The third kappa shape index (κ3) is 4.52. The number of carbonyl (C=O) groups excluding carboxylic acids is 1. The molecule has 31 heavy (non-hydrogen) atoms. The van der Waals surface area contributed by atoms with Gasteiger partial charge in [0.1, 0.15) is 0 Å². The van der Waals surface area contributed by atoms with E-state index in [0.717, 1.165) is 66.7 Å². The number of ether oxygens (including phenoxy) is 1. The van der Waals surface area contributed by atoms with E-state index in [9.17, 15) is 4.79 Å². The molecule has 1 aliphatic carbocycles. The molecule has 0 spiro atoms. The van der Waals surface area contributed by atoms with Crippen LogP contribution in [-0.2, 0) is 30.7 Å². The van der Waals surface area contributed by atoms with Gasteiger partial charge in [0.05, 0.1) is 19.2 Å². The van der Waals surface area contributed by atoms with Crippen LogP contribution < -0.4 is 5.32 Å². The van der Waals surface area contributed by atoms with Gasteiger partial charge in [0.2, 0.25) is 0 Å². The number of benzene rings is 1. The molecule has 0 bridgehead atoms. The number of hydrogen-bond acceptors (Lipinski definition) is 6. The maximum absolute atomic E-state index is 12.7. The van der Waals surface area contributed by atoms with Crippen LogP contribution in [0.15, 0.2) is 35.5 Å². The van der Waals surface area contributed by atoms with Crippen LogP contribution in [0.3, 0.4) is 0 Å². The van der Waals surface area contributed by atoms with E-state index in [1.807, 2.05) is 18.2 Å². The van der Waals surface area contributed by atoms with Crippen LogP contribution in [0.4, 0.5) is 0 Å². The van der Waals surface area contributed by atoms with Crippen LogP contribution in [0, 0.1) is 0 Å². The zero-order valence-corrected chi connectivity index (χ0v) is 18.2. The number of carbonyl (C=O) groups is 1. The van der Waals surface area contributed by atoms with Gasteiger partial charge in [0.25, 0.3) is 5.91 Å². The summed E-state index contributed by atoms with van der Waals surface area (Å²) in [5.74, 6) is 1.43. The smallest absolute Gasteiger partial charge is 0.272 e. The first-order valence-electron chi connectivity index (χ1n) is 10.8. The number of H-pyrrole nitrogens is 1. The number of nitrogens with one attached hydrogen (secondary N) is 2. The van der Waals surface area contributed by atoms with E-state index in [0.29, 0.717) is 18.8 Å². The molecular formula is C22H26N6O2S. The van der Waals surface area contributed by atoms with Gasteiger partial charge < -0.3 is 14.6 Å². The van der Waals surface area contributed by atoms with Gasteiger partial charge in [-0.05, 0) is 37.7 Å². The molecule has 0 saturated carbocycles. The SMILES string of the molecule is O=C(NCc1nnc(SC[C@@H]2CCCO2)n1Cc1ccccc1)c1n[nH]c2c1CCC2. The number of nitrogens with zero attached hydrogens (tertiary/aromatic N) is 4. The van der Waals surface area contributed by atoms with Gasteiger partial charge in [-0.25, -0.2) is 0 Å². The summed E-state index contributed by atoms with van der Waals surface area (Å²) in [6.45, 7) is 1.81. The second-order valence-corrected chi connectivity index (χ2v) is 8.97. The third-order valence-electron chi connectivity index (χ3n) is 5.83. The molecule has 1 aliphatic heterocycles. The standard InChI is InChI=1S/C22H26N6O2S/c29-21(20-17-9-4-10-18(17)24-26-20)23-12-19-25-27-22(31-14-16-8-5-11-30-16)28(19)13-15-6-2-1-3-7-15/h1-3,6-7,16H,4-5,8-14H2,(H,23,29)(H,24,26)/t16-/m0/s1. The van der Waals surface area contributed by atoms with E-state index in [1.54, 1.807) is 11.8 Å². The summed E-state index contributed by atoms with van der Waals surface area (Å²) in [6.07, 6.45) is 5.43. The summed E-state index contributed by atoms with van der Waals surface area (Å²) in [4.78, 5) is 12.7.